The van der Waals surface area contributed by atoms with Gasteiger partial charge < -0.3 is 26.0 Å². The number of carboxylic acid groups (broad SMARTS) is 2. The van der Waals surface area contributed by atoms with Crippen LogP contribution in [0.25, 0.3) is 0 Å². The molecule has 2 aromatic carbocycles. The Bertz CT molecular complexity index is 763. The van der Waals surface area contributed by atoms with Crippen LogP contribution in [0.15, 0.2) is 30.3 Å². The van der Waals surface area contributed by atoms with E-state index in [0.717, 1.165) is 0 Å². The molecule has 5 N–H and O–H groups in total. The smallest absolute Gasteiger partial charge is 0.335 e. The van der Waals surface area contributed by atoms with Crippen LogP contribution in [0, 0.1) is 6.92 Å². The van der Waals surface area contributed by atoms with Gasteiger partial charge in [0.05, 0.1) is 35.3 Å². The number of methoxy groups -OCH3 is 1. The van der Waals surface area contributed by atoms with Crippen LogP contribution in [-0.4, -0.2) is 29.3 Å². The van der Waals surface area contributed by atoms with Gasteiger partial charge in [-0.05, 0) is 42.8 Å². The summed E-state index contributed by atoms with van der Waals surface area (Å²) in [5.41, 5.74) is 8.09. The van der Waals surface area contributed by atoms with E-state index in [4.69, 9.17) is 20.7 Å². The van der Waals surface area contributed by atoms with Gasteiger partial charge in [-0.2, -0.15) is 0 Å². The second-order valence-electron chi connectivity index (χ2n) is 4.91. The van der Waals surface area contributed by atoms with Crippen molar-refractivity contribution in [1.82, 2.24) is 0 Å². The molecule has 0 aliphatic rings. The van der Waals surface area contributed by atoms with Gasteiger partial charge in [0.15, 0.2) is 0 Å². The van der Waals surface area contributed by atoms with Gasteiger partial charge in [0.2, 0.25) is 0 Å². The molecule has 0 amide bonds. The highest BCUT2D eigenvalue weighted by molar-refractivity contribution is 5.93. The molecule has 23 heavy (non-hydrogen) atoms. The van der Waals surface area contributed by atoms with Crippen LogP contribution in [0.1, 0.15) is 26.3 Å². The van der Waals surface area contributed by atoms with Crippen molar-refractivity contribution >= 4 is 29.0 Å². The van der Waals surface area contributed by atoms with Crippen LogP contribution in [0.5, 0.6) is 5.75 Å². The highest BCUT2D eigenvalue weighted by Gasteiger charge is 2.14. The van der Waals surface area contributed by atoms with Crippen LogP contribution in [0.3, 0.4) is 0 Å². The number of anilines is 3. The third kappa shape index (κ3) is 3.34. The number of benzene rings is 2. The van der Waals surface area contributed by atoms with E-state index in [1.165, 1.54) is 31.4 Å². The molecule has 7 heteroatoms. The maximum absolute atomic E-state index is 11.0. The third-order valence-electron chi connectivity index (χ3n) is 3.32. The fourth-order valence-electron chi connectivity index (χ4n) is 2.17. The van der Waals surface area contributed by atoms with Crippen LogP contribution in [-0.2, 0) is 0 Å². The molecule has 2 rings (SSSR count). The van der Waals surface area contributed by atoms with Crippen molar-refractivity contribution in [3.63, 3.8) is 0 Å². The molecule has 0 aliphatic carbocycles. The number of aromatic carboxylic acids is 2. The summed E-state index contributed by atoms with van der Waals surface area (Å²) in [6.07, 6.45) is 0. The van der Waals surface area contributed by atoms with Crippen LogP contribution in [0.4, 0.5) is 17.1 Å². The fourth-order valence-corrected chi connectivity index (χ4v) is 2.17. The minimum Gasteiger partial charge on any atom is -0.495 e. The zero-order valence-corrected chi connectivity index (χ0v) is 12.6. The molecule has 0 atom stereocenters. The molecule has 0 aliphatic heterocycles. The molecule has 0 heterocycles. The van der Waals surface area contributed by atoms with Gasteiger partial charge in [-0.1, -0.05) is 0 Å². The Morgan fingerprint density at radius 1 is 1.09 bits per heavy atom. The van der Waals surface area contributed by atoms with E-state index in [0.29, 0.717) is 22.7 Å². The number of rotatable bonds is 5. The average Bonchev–Trinajstić information content (AvgIpc) is 2.50. The minimum atomic E-state index is -1.06. The number of hydrogen-bond acceptors (Lipinski definition) is 5. The lowest BCUT2D eigenvalue weighted by molar-refractivity contribution is 0.0686. The van der Waals surface area contributed by atoms with Gasteiger partial charge in [0.1, 0.15) is 5.75 Å². The minimum absolute atomic E-state index is 0.0957. The van der Waals surface area contributed by atoms with Gasteiger partial charge in [-0.25, -0.2) is 9.59 Å². The van der Waals surface area contributed by atoms with Gasteiger partial charge >= 0.3 is 11.9 Å². The standard InChI is InChI=1S/C16H16N2O5/c1-8-5-10(16(21)22)6-11(17)14(8)18-12-4-3-9(15(19)20)7-13(12)23-2/h3-7,18H,17H2,1-2H3,(H,19,20)(H,21,22). The molecule has 0 aromatic heterocycles. The number of nitrogen functional groups attached to an aromatic ring is 1. The summed E-state index contributed by atoms with van der Waals surface area (Å²) in [7, 11) is 1.43. The van der Waals surface area contributed by atoms with E-state index in [1.807, 2.05) is 0 Å². The molecule has 0 bridgehead atoms. The van der Waals surface area contributed by atoms with E-state index < -0.39 is 11.9 Å². The second-order valence-corrected chi connectivity index (χ2v) is 4.91. The number of nitrogens with two attached hydrogens (primary N) is 1. The topological polar surface area (TPSA) is 122 Å². The van der Waals surface area contributed by atoms with E-state index in [-0.39, 0.29) is 16.8 Å². The largest absolute Gasteiger partial charge is 0.495 e. The van der Waals surface area contributed by atoms with E-state index in [2.05, 4.69) is 5.32 Å². The SMILES string of the molecule is COc1cc(C(=O)O)ccc1Nc1c(C)cc(C(=O)O)cc1N. The molecular formula is C16H16N2O5. The number of hydrogen-bond donors (Lipinski definition) is 4. The van der Waals surface area contributed by atoms with Gasteiger partial charge in [-0.3, -0.25) is 0 Å². The molecule has 120 valence electrons. The molecule has 0 radical (unpaired) electrons. The van der Waals surface area contributed by atoms with E-state index >= 15 is 0 Å². The molecular weight excluding hydrogens is 300 g/mol. The predicted octanol–water partition coefficient (Wildman–Crippen LogP) is 2.73. The Morgan fingerprint density at radius 3 is 2.26 bits per heavy atom. The van der Waals surface area contributed by atoms with Crippen molar-refractivity contribution in [3.05, 3.63) is 47.0 Å². The van der Waals surface area contributed by atoms with Gasteiger partial charge in [0.25, 0.3) is 0 Å². The van der Waals surface area contributed by atoms with Gasteiger partial charge in [-0.15, -0.1) is 0 Å². The van der Waals surface area contributed by atoms with E-state index in [1.54, 1.807) is 13.0 Å². The van der Waals surface area contributed by atoms with Crippen molar-refractivity contribution < 1.29 is 24.5 Å². The van der Waals surface area contributed by atoms with E-state index in [9.17, 15) is 9.59 Å². The van der Waals surface area contributed by atoms with Gasteiger partial charge in [0, 0.05) is 0 Å². The summed E-state index contributed by atoms with van der Waals surface area (Å²) in [6, 6.07) is 7.24. The van der Waals surface area contributed by atoms with Crippen molar-refractivity contribution in [2.45, 2.75) is 6.92 Å². The predicted molar refractivity (Wildman–Crippen MR) is 85.8 cm³/mol. The van der Waals surface area contributed by atoms with Crippen molar-refractivity contribution in [2.75, 3.05) is 18.2 Å². The fraction of sp³-hybridized carbons (Fsp3) is 0.125. The summed E-state index contributed by atoms with van der Waals surface area (Å²) in [5.74, 6) is -1.78. The first-order chi connectivity index (χ1) is 10.8. The maximum Gasteiger partial charge on any atom is 0.335 e. The number of nitrogens with one attached hydrogen (secondary N) is 1. The quantitative estimate of drug-likeness (QED) is 0.625. The summed E-state index contributed by atoms with van der Waals surface area (Å²) >= 11 is 0. The van der Waals surface area contributed by atoms with Crippen LogP contribution < -0.4 is 15.8 Å². The van der Waals surface area contributed by atoms with Crippen LogP contribution in [0.2, 0.25) is 0 Å². The molecule has 0 spiro atoms. The number of ether oxygens (including phenoxy) is 1. The number of carbonyl (C=O) groups is 2. The Labute approximate surface area is 132 Å². The molecule has 0 fully saturated rings. The van der Waals surface area contributed by atoms with Crippen molar-refractivity contribution in [1.29, 1.82) is 0 Å². The molecule has 0 saturated carbocycles. The summed E-state index contributed by atoms with van der Waals surface area (Å²) in [5, 5.41) is 21.1. The first kappa shape index (κ1) is 16.2. The summed E-state index contributed by atoms with van der Waals surface area (Å²) in [4.78, 5) is 22.0. The molecule has 2 aromatic rings. The highest BCUT2D eigenvalue weighted by atomic mass is 16.5. The van der Waals surface area contributed by atoms with Crippen molar-refractivity contribution in [2.24, 2.45) is 0 Å². The molecule has 7 nitrogen and oxygen atoms in total. The number of carboxylic acids is 2. The Hall–Kier alpha value is -3.22. The number of aryl methyl sites for hydroxylation is 1. The van der Waals surface area contributed by atoms with Crippen molar-refractivity contribution in [3.8, 4) is 5.75 Å². The zero-order chi connectivity index (χ0) is 17.1. The summed E-state index contributed by atoms with van der Waals surface area (Å²) in [6.45, 7) is 1.73. The van der Waals surface area contributed by atoms with Crippen LogP contribution >= 0.6 is 0 Å². The average molecular weight is 316 g/mol. The lowest BCUT2D eigenvalue weighted by Gasteiger charge is -2.16. The monoisotopic (exact) mass is 316 g/mol. The first-order valence-corrected chi connectivity index (χ1v) is 6.65. The molecule has 0 saturated heterocycles. The Kier molecular flexibility index (Phi) is 4.40. The Morgan fingerprint density at radius 2 is 1.74 bits per heavy atom. The lowest BCUT2D eigenvalue weighted by atomic mass is 10.1. The maximum atomic E-state index is 11.0. The normalized spacial score (nSPS) is 10.2. The lowest BCUT2D eigenvalue weighted by Crippen LogP contribution is -2.05. The second kappa shape index (κ2) is 6.27. The summed E-state index contributed by atoms with van der Waals surface area (Å²) < 4.78 is 5.19. The third-order valence-corrected chi connectivity index (χ3v) is 3.32. The molecule has 0 unspecified atom stereocenters. The Balaban J connectivity index is 2.43. The highest BCUT2D eigenvalue weighted by Crippen LogP contribution is 2.33. The first-order valence-electron chi connectivity index (χ1n) is 6.65. The zero-order valence-electron chi connectivity index (χ0n) is 12.6.